The van der Waals surface area contributed by atoms with E-state index in [1.54, 1.807) is 0 Å². The highest BCUT2D eigenvalue weighted by Crippen LogP contribution is 2.24. The van der Waals surface area contributed by atoms with Crippen LogP contribution in [-0.4, -0.2) is 17.1 Å². The number of nitrogens with zero attached hydrogens (tertiary/aromatic N) is 1. The van der Waals surface area contributed by atoms with E-state index in [-0.39, 0.29) is 24.8 Å². The number of hydrogen-bond donors (Lipinski definition) is 1. The lowest BCUT2D eigenvalue weighted by molar-refractivity contribution is -0.116. The third kappa shape index (κ3) is 3.51. The number of rotatable bonds is 5. The summed E-state index contributed by atoms with van der Waals surface area (Å²) in [6.07, 6.45) is 2.18. The van der Waals surface area contributed by atoms with E-state index in [1.807, 2.05) is 42.1 Å². The summed E-state index contributed by atoms with van der Waals surface area (Å²) >= 11 is 0. The molecule has 4 nitrogen and oxygen atoms in total. The molecule has 1 heterocycles. The number of anilines is 1. The van der Waals surface area contributed by atoms with Crippen molar-refractivity contribution in [1.82, 2.24) is 4.57 Å². The Labute approximate surface area is 133 Å². The van der Waals surface area contributed by atoms with Gasteiger partial charge in [-0.25, -0.2) is 4.39 Å². The standard InChI is InChI=1S/C18H17FN2O2/c1-21-11-9-15-16(3-2-4-17(15)21)20-18(22)10-12-23-14-7-5-13(19)6-8-14/h2-9,11H,10,12H2,1H3,(H,20,22). The third-order valence-electron chi connectivity index (χ3n) is 3.61. The summed E-state index contributed by atoms with van der Waals surface area (Å²) in [7, 11) is 1.96. The molecule has 3 aromatic rings. The molecule has 0 aliphatic carbocycles. The molecule has 0 aliphatic heterocycles. The Hall–Kier alpha value is -2.82. The van der Waals surface area contributed by atoms with Crippen LogP contribution in [0.15, 0.2) is 54.7 Å². The zero-order valence-corrected chi connectivity index (χ0v) is 12.8. The number of aromatic nitrogens is 1. The van der Waals surface area contributed by atoms with Crippen LogP contribution in [0.5, 0.6) is 5.75 Å². The van der Waals surface area contributed by atoms with Crippen LogP contribution in [0.25, 0.3) is 10.9 Å². The molecule has 23 heavy (non-hydrogen) atoms. The van der Waals surface area contributed by atoms with Gasteiger partial charge in [0.1, 0.15) is 11.6 Å². The first-order chi connectivity index (χ1) is 11.1. The number of fused-ring (bicyclic) bond motifs is 1. The van der Waals surface area contributed by atoms with Crippen molar-refractivity contribution in [2.75, 3.05) is 11.9 Å². The van der Waals surface area contributed by atoms with E-state index in [1.165, 1.54) is 24.3 Å². The molecule has 5 heteroatoms. The molecule has 2 aromatic carbocycles. The zero-order valence-electron chi connectivity index (χ0n) is 12.8. The maximum atomic E-state index is 12.8. The van der Waals surface area contributed by atoms with Crippen LogP contribution in [0, 0.1) is 5.82 Å². The van der Waals surface area contributed by atoms with Crippen LogP contribution in [0.2, 0.25) is 0 Å². The van der Waals surface area contributed by atoms with Gasteiger partial charge in [0, 0.05) is 24.1 Å². The summed E-state index contributed by atoms with van der Waals surface area (Å²) in [5.41, 5.74) is 1.85. The molecule has 0 aliphatic rings. The molecular weight excluding hydrogens is 295 g/mol. The normalized spacial score (nSPS) is 10.7. The number of ether oxygens (including phenoxy) is 1. The van der Waals surface area contributed by atoms with Crippen molar-refractivity contribution in [1.29, 1.82) is 0 Å². The van der Waals surface area contributed by atoms with E-state index in [0.29, 0.717) is 5.75 Å². The van der Waals surface area contributed by atoms with Crippen LogP contribution in [0.3, 0.4) is 0 Å². The molecule has 118 valence electrons. The van der Waals surface area contributed by atoms with Crippen molar-refractivity contribution in [2.45, 2.75) is 6.42 Å². The van der Waals surface area contributed by atoms with Crippen molar-refractivity contribution in [3.63, 3.8) is 0 Å². The zero-order chi connectivity index (χ0) is 16.2. The van der Waals surface area contributed by atoms with E-state index >= 15 is 0 Å². The Morgan fingerprint density at radius 3 is 2.74 bits per heavy atom. The van der Waals surface area contributed by atoms with Crippen LogP contribution in [0.4, 0.5) is 10.1 Å². The highest BCUT2D eigenvalue weighted by molar-refractivity contribution is 6.01. The van der Waals surface area contributed by atoms with Crippen LogP contribution in [-0.2, 0) is 11.8 Å². The Morgan fingerprint density at radius 1 is 1.17 bits per heavy atom. The van der Waals surface area contributed by atoms with Crippen molar-refractivity contribution in [2.24, 2.45) is 7.05 Å². The van der Waals surface area contributed by atoms with Gasteiger partial charge in [-0.05, 0) is 42.5 Å². The molecule has 3 rings (SSSR count). The van der Waals surface area contributed by atoms with Crippen molar-refractivity contribution >= 4 is 22.5 Å². The number of carbonyl (C=O) groups excluding carboxylic acids is 1. The summed E-state index contributed by atoms with van der Waals surface area (Å²) in [5.74, 6) is 0.110. The Bertz CT molecular complexity index is 825. The van der Waals surface area contributed by atoms with E-state index in [9.17, 15) is 9.18 Å². The fraction of sp³-hybridized carbons (Fsp3) is 0.167. The molecule has 0 spiro atoms. The highest BCUT2D eigenvalue weighted by Gasteiger charge is 2.08. The van der Waals surface area contributed by atoms with Gasteiger partial charge in [0.05, 0.1) is 18.7 Å². The number of hydrogen-bond acceptors (Lipinski definition) is 2. The Morgan fingerprint density at radius 2 is 1.96 bits per heavy atom. The van der Waals surface area contributed by atoms with Gasteiger partial charge in [-0.15, -0.1) is 0 Å². The average Bonchev–Trinajstić information content (AvgIpc) is 2.92. The van der Waals surface area contributed by atoms with Gasteiger partial charge in [-0.1, -0.05) is 6.07 Å². The lowest BCUT2D eigenvalue weighted by Crippen LogP contribution is -2.15. The fourth-order valence-electron chi connectivity index (χ4n) is 2.42. The summed E-state index contributed by atoms with van der Waals surface area (Å²) in [6.45, 7) is 0.238. The molecule has 0 atom stereocenters. The maximum Gasteiger partial charge on any atom is 0.227 e. The van der Waals surface area contributed by atoms with E-state index in [0.717, 1.165) is 16.6 Å². The number of halogens is 1. The minimum absolute atomic E-state index is 0.122. The maximum absolute atomic E-state index is 12.8. The summed E-state index contributed by atoms with van der Waals surface area (Å²) < 4.78 is 20.2. The molecule has 0 saturated heterocycles. The number of aryl methyl sites for hydroxylation is 1. The average molecular weight is 312 g/mol. The van der Waals surface area contributed by atoms with Gasteiger partial charge in [0.2, 0.25) is 5.91 Å². The van der Waals surface area contributed by atoms with Gasteiger partial charge in [0.25, 0.3) is 0 Å². The summed E-state index contributed by atoms with van der Waals surface area (Å²) in [4.78, 5) is 12.0. The van der Waals surface area contributed by atoms with Crippen molar-refractivity contribution in [3.05, 3.63) is 60.5 Å². The van der Waals surface area contributed by atoms with Crippen molar-refractivity contribution < 1.29 is 13.9 Å². The smallest absolute Gasteiger partial charge is 0.227 e. The molecule has 1 aromatic heterocycles. The lowest BCUT2D eigenvalue weighted by Gasteiger charge is -2.08. The van der Waals surface area contributed by atoms with E-state index < -0.39 is 0 Å². The molecule has 0 unspecified atom stereocenters. The number of benzene rings is 2. The van der Waals surface area contributed by atoms with Crippen LogP contribution >= 0.6 is 0 Å². The fourth-order valence-corrected chi connectivity index (χ4v) is 2.42. The highest BCUT2D eigenvalue weighted by atomic mass is 19.1. The molecule has 0 fully saturated rings. The minimum Gasteiger partial charge on any atom is -0.493 e. The Balaban J connectivity index is 1.57. The summed E-state index contributed by atoms with van der Waals surface area (Å²) in [5, 5.41) is 3.90. The molecule has 1 N–H and O–H groups in total. The van der Waals surface area contributed by atoms with Gasteiger partial charge < -0.3 is 14.6 Å². The van der Waals surface area contributed by atoms with Gasteiger partial charge >= 0.3 is 0 Å². The van der Waals surface area contributed by atoms with Crippen molar-refractivity contribution in [3.8, 4) is 5.75 Å². The second-order valence-corrected chi connectivity index (χ2v) is 5.27. The van der Waals surface area contributed by atoms with Crippen LogP contribution < -0.4 is 10.1 Å². The first-order valence-electron chi connectivity index (χ1n) is 7.36. The second kappa shape index (κ2) is 6.52. The molecule has 0 bridgehead atoms. The van der Waals surface area contributed by atoms with Gasteiger partial charge in [-0.3, -0.25) is 4.79 Å². The quantitative estimate of drug-likeness (QED) is 0.780. The molecule has 0 radical (unpaired) electrons. The van der Waals surface area contributed by atoms with Gasteiger partial charge in [-0.2, -0.15) is 0 Å². The Kier molecular flexibility index (Phi) is 4.28. The number of carbonyl (C=O) groups is 1. The van der Waals surface area contributed by atoms with E-state index in [2.05, 4.69) is 5.32 Å². The predicted octanol–water partition coefficient (Wildman–Crippen LogP) is 3.73. The predicted molar refractivity (Wildman–Crippen MR) is 88.1 cm³/mol. The molecular formula is C18H17FN2O2. The first-order valence-corrected chi connectivity index (χ1v) is 7.36. The molecule has 1 amide bonds. The SMILES string of the molecule is Cn1ccc2c(NC(=O)CCOc3ccc(F)cc3)cccc21. The lowest BCUT2D eigenvalue weighted by atomic mass is 10.2. The largest absolute Gasteiger partial charge is 0.493 e. The third-order valence-corrected chi connectivity index (χ3v) is 3.61. The second-order valence-electron chi connectivity index (χ2n) is 5.27. The topological polar surface area (TPSA) is 43.3 Å². The van der Waals surface area contributed by atoms with Crippen LogP contribution in [0.1, 0.15) is 6.42 Å². The first kappa shape index (κ1) is 15.1. The monoisotopic (exact) mass is 312 g/mol. The molecule has 0 saturated carbocycles. The number of amides is 1. The minimum atomic E-state index is -0.314. The summed E-state index contributed by atoms with van der Waals surface area (Å²) in [6, 6.07) is 13.5. The number of nitrogens with one attached hydrogen (secondary N) is 1. The van der Waals surface area contributed by atoms with Gasteiger partial charge in [0.15, 0.2) is 0 Å². The van der Waals surface area contributed by atoms with E-state index in [4.69, 9.17) is 4.74 Å².